The Morgan fingerprint density at radius 2 is 2.17 bits per heavy atom. The van der Waals surface area contributed by atoms with Crippen LogP contribution in [0.2, 0.25) is 0 Å². The molecule has 0 bridgehead atoms. The minimum atomic E-state index is -0.219. The van der Waals surface area contributed by atoms with Crippen molar-refractivity contribution in [3.63, 3.8) is 0 Å². The first-order chi connectivity index (χ1) is 11.2. The van der Waals surface area contributed by atoms with Crippen LogP contribution in [0.25, 0.3) is 0 Å². The maximum absolute atomic E-state index is 12.6. The van der Waals surface area contributed by atoms with E-state index in [0.29, 0.717) is 19.4 Å². The number of amides is 1. The molecule has 3 rings (SSSR count). The quantitative estimate of drug-likeness (QED) is 0.943. The van der Waals surface area contributed by atoms with Crippen LogP contribution >= 0.6 is 0 Å². The molecule has 0 spiro atoms. The van der Waals surface area contributed by atoms with E-state index in [-0.39, 0.29) is 18.6 Å². The van der Waals surface area contributed by atoms with Crippen molar-refractivity contribution in [1.29, 1.82) is 0 Å². The number of aryl methyl sites for hydroxylation is 2. The molecule has 0 saturated heterocycles. The maximum atomic E-state index is 12.6. The van der Waals surface area contributed by atoms with Crippen LogP contribution in [0.5, 0.6) is 0 Å². The molecular weight excluding hydrogens is 288 g/mol. The lowest BCUT2D eigenvalue weighted by Gasteiger charge is -2.36. The number of benzene rings is 1. The van der Waals surface area contributed by atoms with E-state index >= 15 is 0 Å². The van der Waals surface area contributed by atoms with Gasteiger partial charge in [0, 0.05) is 25.4 Å². The van der Waals surface area contributed by atoms with Crippen molar-refractivity contribution in [2.75, 3.05) is 13.2 Å². The second-order valence-electron chi connectivity index (χ2n) is 6.10. The second-order valence-corrected chi connectivity index (χ2v) is 6.10. The van der Waals surface area contributed by atoms with E-state index in [0.717, 1.165) is 23.1 Å². The molecule has 23 heavy (non-hydrogen) atoms. The van der Waals surface area contributed by atoms with Gasteiger partial charge in [0.15, 0.2) is 0 Å². The number of aliphatic hydroxyl groups is 1. The van der Waals surface area contributed by atoms with Crippen LogP contribution in [0.1, 0.15) is 34.7 Å². The Labute approximate surface area is 136 Å². The monoisotopic (exact) mass is 310 g/mol. The third-order valence-corrected chi connectivity index (χ3v) is 4.46. The van der Waals surface area contributed by atoms with Crippen molar-refractivity contribution < 1.29 is 9.90 Å². The van der Waals surface area contributed by atoms with E-state index in [2.05, 4.69) is 17.1 Å². The Bertz CT molecular complexity index is 699. The number of aromatic nitrogens is 1. The van der Waals surface area contributed by atoms with Gasteiger partial charge in [-0.25, -0.2) is 0 Å². The minimum absolute atomic E-state index is 0.0330. The molecule has 2 aromatic rings. The van der Waals surface area contributed by atoms with Gasteiger partial charge in [-0.2, -0.15) is 0 Å². The first-order valence-corrected chi connectivity index (χ1v) is 8.07. The number of hydrogen-bond donors (Lipinski definition) is 1. The van der Waals surface area contributed by atoms with Crippen molar-refractivity contribution in [3.05, 3.63) is 65.0 Å². The summed E-state index contributed by atoms with van der Waals surface area (Å²) in [7, 11) is 0. The van der Waals surface area contributed by atoms with Crippen molar-refractivity contribution >= 4 is 5.91 Å². The molecular formula is C19H22N2O2. The lowest BCUT2D eigenvalue weighted by molar-refractivity contribution is -0.135. The number of carbonyl (C=O) groups excluding carboxylic acids is 1. The van der Waals surface area contributed by atoms with Crippen LogP contribution in [0, 0.1) is 6.92 Å². The highest BCUT2D eigenvalue weighted by Crippen LogP contribution is 2.29. The lowest BCUT2D eigenvalue weighted by Crippen LogP contribution is -2.41. The van der Waals surface area contributed by atoms with Crippen LogP contribution in [-0.2, 0) is 17.6 Å². The molecule has 4 heteroatoms. The number of hydrogen-bond acceptors (Lipinski definition) is 3. The third-order valence-electron chi connectivity index (χ3n) is 4.46. The van der Waals surface area contributed by atoms with Crippen molar-refractivity contribution in [2.24, 2.45) is 0 Å². The molecule has 0 radical (unpaired) electrons. The summed E-state index contributed by atoms with van der Waals surface area (Å²) in [6, 6.07) is 9.92. The average molecular weight is 310 g/mol. The number of aliphatic hydroxyl groups excluding tert-OH is 1. The first-order valence-electron chi connectivity index (χ1n) is 8.07. The molecule has 1 N–H and O–H groups in total. The van der Waals surface area contributed by atoms with E-state index in [1.165, 1.54) is 5.56 Å². The zero-order chi connectivity index (χ0) is 16.2. The molecule has 2 heterocycles. The summed E-state index contributed by atoms with van der Waals surface area (Å²) in [6.07, 6.45) is 5.61. The fraction of sp³-hybridized carbons (Fsp3) is 0.368. The van der Waals surface area contributed by atoms with E-state index in [9.17, 15) is 9.90 Å². The van der Waals surface area contributed by atoms with E-state index < -0.39 is 0 Å². The molecule has 1 aliphatic rings. The highest BCUT2D eigenvalue weighted by molar-refractivity contribution is 5.77. The molecule has 1 aromatic carbocycles. The van der Waals surface area contributed by atoms with Crippen molar-refractivity contribution in [2.45, 2.75) is 32.2 Å². The zero-order valence-corrected chi connectivity index (χ0v) is 13.4. The summed E-state index contributed by atoms with van der Waals surface area (Å²) in [5, 5.41) is 9.77. The number of fused-ring (bicyclic) bond motifs is 1. The SMILES string of the molecule is Cc1cncc(CCC(=O)N2CCc3ccccc3C2CO)c1. The summed E-state index contributed by atoms with van der Waals surface area (Å²) in [5.74, 6) is 0.0973. The highest BCUT2D eigenvalue weighted by Gasteiger charge is 2.29. The predicted octanol–water partition coefficient (Wildman–Crippen LogP) is 2.44. The van der Waals surface area contributed by atoms with Gasteiger partial charge in [0.25, 0.3) is 0 Å². The Morgan fingerprint density at radius 3 is 2.96 bits per heavy atom. The van der Waals surface area contributed by atoms with E-state index in [1.807, 2.05) is 42.4 Å². The van der Waals surface area contributed by atoms with Gasteiger partial charge in [-0.1, -0.05) is 30.3 Å². The van der Waals surface area contributed by atoms with Gasteiger partial charge in [-0.3, -0.25) is 9.78 Å². The number of pyridine rings is 1. The summed E-state index contributed by atoms with van der Waals surface area (Å²) < 4.78 is 0. The maximum Gasteiger partial charge on any atom is 0.223 e. The molecule has 1 amide bonds. The van der Waals surface area contributed by atoms with Crippen LogP contribution in [0.4, 0.5) is 0 Å². The largest absolute Gasteiger partial charge is 0.394 e. The second kappa shape index (κ2) is 6.92. The summed E-state index contributed by atoms with van der Waals surface area (Å²) in [5.41, 5.74) is 4.50. The van der Waals surface area contributed by atoms with Gasteiger partial charge in [0.2, 0.25) is 5.91 Å². The van der Waals surface area contributed by atoms with E-state index in [4.69, 9.17) is 0 Å². The number of carbonyl (C=O) groups is 1. The van der Waals surface area contributed by atoms with E-state index in [1.54, 1.807) is 0 Å². The van der Waals surface area contributed by atoms with Crippen molar-refractivity contribution in [3.8, 4) is 0 Å². The zero-order valence-electron chi connectivity index (χ0n) is 13.4. The van der Waals surface area contributed by atoms with Gasteiger partial charge < -0.3 is 10.0 Å². The van der Waals surface area contributed by atoms with Crippen LogP contribution < -0.4 is 0 Å². The highest BCUT2D eigenvalue weighted by atomic mass is 16.3. The van der Waals surface area contributed by atoms with Gasteiger partial charge >= 0.3 is 0 Å². The van der Waals surface area contributed by atoms with Crippen LogP contribution in [0.15, 0.2) is 42.7 Å². The smallest absolute Gasteiger partial charge is 0.223 e. The molecule has 0 fully saturated rings. The average Bonchev–Trinajstić information content (AvgIpc) is 2.58. The fourth-order valence-electron chi connectivity index (χ4n) is 3.30. The standard InChI is InChI=1S/C19H22N2O2/c1-14-10-15(12-20-11-14)6-7-19(23)21-9-8-16-4-2-3-5-17(16)18(21)13-22/h2-5,10-12,18,22H,6-9,13H2,1H3. The number of rotatable bonds is 4. The van der Waals surface area contributed by atoms with Crippen molar-refractivity contribution in [1.82, 2.24) is 9.88 Å². The molecule has 4 nitrogen and oxygen atoms in total. The summed E-state index contributed by atoms with van der Waals surface area (Å²) >= 11 is 0. The first kappa shape index (κ1) is 15.7. The fourth-order valence-corrected chi connectivity index (χ4v) is 3.30. The number of nitrogens with zero attached hydrogens (tertiary/aromatic N) is 2. The Balaban J connectivity index is 1.70. The minimum Gasteiger partial charge on any atom is -0.394 e. The van der Waals surface area contributed by atoms with Gasteiger partial charge in [-0.15, -0.1) is 0 Å². The third kappa shape index (κ3) is 3.42. The topological polar surface area (TPSA) is 53.4 Å². The Morgan fingerprint density at radius 1 is 1.35 bits per heavy atom. The molecule has 120 valence electrons. The molecule has 1 aliphatic heterocycles. The molecule has 1 unspecified atom stereocenters. The Kier molecular flexibility index (Phi) is 4.72. The molecule has 0 aliphatic carbocycles. The summed E-state index contributed by atoms with van der Waals surface area (Å²) in [6.45, 7) is 2.64. The summed E-state index contributed by atoms with van der Waals surface area (Å²) in [4.78, 5) is 18.6. The van der Waals surface area contributed by atoms with Crippen LogP contribution in [-0.4, -0.2) is 34.0 Å². The predicted molar refractivity (Wildman–Crippen MR) is 89.0 cm³/mol. The Hall–Kier alpha value is -2.20. The molecule has 1 atom stereocenters. The van der Waals surface area contributed by atoms with Gasteiger partial charge in [0.05, 0.1) is 12.6 Å². The van der Waals surface area contributed by atoms with Gasteiger partial charge in [-0.05, 0) is 42.0 Å². The lowest BCUT2D eigenvalue weighted by atomic mass is 9.92. The molecule has 1 aromatic heterocycles. The normalized spacial score (nSPS) is 17.0. The van der Waals surface area contributed by atoms with Crippen LogP contribution in [0.3, 0.4) is 0 Å². The molecule has 0 saturated carbocycles. The van der Waals surface area contributed by atoms with Gasteiger partial charge in [0.1, 0.15) is 0 Å².